The normalized spacial score (nSPS) is 15.2. The lowest BCUT2D eigenvalue weighted by Gasteiger charge is -2.11. The van der Waals surface area contributed by atoms with E-state index < -0.39 is 0 Å². The third-order valence-corrected chi connectivity index (χ3v) is 2.43. The molecule has 0 amide bonds. The molecule has 0 radical (unpaired) electrons. The Bertz CT molecular complexity index is 361. The molecular weight excluding hydrogens is 202 g/mol. The Morgan fingerprint density at radius 2 is 2.19 bits per heavy atom. The summed E-state index contributed by atoms with van der Waals surface area (Å²) in [6, 6.07) is 1.86. The average Bonchev–Trinajstić information content (AvgIpc) is 2.95. The highest BCUT2D eigenvalue weighted by atomic mass is 16.5. The molecule has 1 aliphatic carbocycles. The van der Waals surface area contributed by atoms with Crippen LogP contribution in [-0.2, 0) is 0 Å². The summed E-state index contributed by atoms with van der Waals surface area (Å²) >= 11 is 0. The van der Waals surface area contributed by atoms with Crippen LogP contribution in [0.3, 0.4) is 0 Å². The van der Waals surface area contributed by atoms with Gasteiger partial charge in [-0.2, -0.15) is 4.98 Å². The van der Waals surface area contributed by atoms with Gasteiger partial charge in [-0.15, -0.1) is 0 Å². The van der Waals surface area contributed by atoms with E-state index in [2.05, 4.69) is 15.3 Å². The second-order valence-corrected chi connectivity index (χ2v) is 4.66. The standard InChI is InChI=1S/C12H19N3O/c1-8(2)16-11-6-9(3)14-12(15-11)13-7-10-4-5-10/h6,8,10H,4-5,7H2,1-3H3,(H,13,14,15). The van der Waals surface area contributed by atoms with Crippen molar-refractivity contribution in [2.75, 3.05) is 11.9 Å². The molecule has 0 spiro atoms. The van der Waals surface area contributed by atoms with Crippen molar-refractivity contribution < 1.29 is 4.74 Å². The van der Waals surface area contributed by atoms with E-state index >= 15 is 0 Å². The van der Waals surface area contributed by atoms with Gasteiger partial charge in [-0.25, -0.2) is 4.98 Å². The van der Waals surface area contributed by atoms with Gasteiger partial charge in [-0.3, -0.25) is 0 Å². The van der Waals surface area contributed by atoms with Crippen molar-refractivity contribution in [3.63, 3.8) is 0 Å². The minimum absolute atomic E-state index is 0.144. The van der Waals surface area contributed by atoms with Gasteiger partial charge in [0.25, 0.3) is 0 Å². The largest absolute Gasteiger partial charge is 0.475 e. The van der Waals surface area contributed by atoms with Gasteiger partial charge in [0.15, 0.2) is 0 Å². The Morgan fingerprint density at radius 3 is 2.81 bits per heavy atom. The van der Waals surface area contributed by atoms with Crippen molar-refractivity contribution in [2.45, 2.75) is 39.7 Å². The first-order chi connectivity index (χ1) is 7.63. The fourth-order valence-corrected chi connectivity index (χ4v) is 1.48. The molecule has 1 heterocycles. The van der Waals surface area contributed by atoms with Crippen molar-refractivity contribution in [1.82, 2.24) is 9.97 Å². The summed E-state index contributed by atoms with van der Waals surface area (Å²) in [7, 11) is 0. The van der Waals surface area contributed by atoms with E-state index in [1.165, 1.54) is 12.8 Å². The summed E-state index contributed by atoms with van der Waals surface area (Å²) in [5.74, 6) is 2.15. The Labute approximate surface area is 96.4 Å². The highest BCUT2D eigenvalue weighted by Gasteiger charge is 2.21. The number of anilines is 1. The van der Waals surface area contributed by atoms with Crippen molar-refractivity contribution >= 4 is 5.95 Å². The zero-order valence-corrected chi connectivity index (χ0v) is 10.2. The lowest BCUT2D eigenvalue weighted by Crippen LogP contribution is -2.11. The van der Waals surface area contributed by atoms with E-state index in [1.807, 2.05) is 26.8 Å². The summed E-state index contributed by atoms with van der Waals surface area (Å²) in [6.07, 6.45) is 2.80. The maximum absolute atomic E-state index is 5.57. The molecule has 4 heteroatoms. The lowest BCUT2D eigenvalue weighted by molar-refractivity contribution is 0.232. The van der Waals surface area contributed by atoms with Gasteiger partial charge in [0, 0.05) is 18.3 Å². The smallest absolute Gasteiger partial charge is 0.226 e. The van der Waals surface area contributed by atoms with Crippen molar-refractivity contribution in [3.05, 3.63) is 11.8 Å². The molecule has 0 aromatic carbocycles. The van der Waals surface area contributed by atoms with E-state index in [4.69, 9.17) is 4.74 Å². The molecular formula is C12H19N3O. The molecule has 0 unspecified atom stereocenters. The Hall–Kier alpha value is -1.32. The van der Waals surface area contributed by atoms with Gasteiger partial charge < -0.3 is 10.1 Å². The van der Waals surface area contributed by atoms with Crippen molar-refractivity contribution in [3.8, 4) is 5.88 Å². The number of rotatable bonds is 5. The number of nitrogens with zero attached hydrogens (tertiary/aromatic N) is 2. The Balaban J connectivity index is 2.01. The highest BCUT2D eigenvalue weighted by Crippen LogP contribution is 2.28. The molecule has 1 aromatic heterocycles. The van der Waals surface area contributed by atoms with E-state index in [1.54, 1.807) is 0 Å². The molecule has 1 saturated carbocycles. The molecule has 0 bridgehead atoms. The van der Waals surface area contributed by atoms with Crippen LogP contribution >= 0.6 is 0 Å². The van der Waals surface area contributed by atoms with E-state index in [0.717, 1.165) is 18.2 Å². The van der Waals surface area contributed by atoms with E-state index in [9.17, 15) is 0 Å². The molecule has 1 N–H and O–H groups in total. The zero-order valence-electron chi connectivity index (χ0n) is 10.2. The SMILES string of the molecule is Cc1cc(OC(C)C)nc(NCC2CC2)n1. The fourth-order valence-electron chi connectivity index (χ4n) is 1.48. The molecule has 4 nitrogen and oxygen atoms in total. The van der Waals surface area contributed by atoms with Crippen LogP contribution in [0.1, 0.15) is 32.4 Å². The number of aromatic nitrogens is 2. The molecule has 0 aliphatic heterocycles. The number of ether oxygens (including phenoxy) is 1. The first kappa shape index (κ1) is 11.2. The van der Waals surface area contributed by atoms with Gasteiger partial charge in [-0.05, 0) is 39.5 Å². The van der Waals surface area contributed by atoms with Crippen LogP contribution in [-0.4, -0.2) is 22.6 Å². The van der Waals surface area contributed by atoms with Crippen LogP contribution < -0.4 is 10.1 Å². The maximum Gasteiger partial charge on any atom is 0.226 e. The van der Waals surface area contributed by atoms with Gasteiger partial charge in [-0.1, -0.05) is 0 Å². The van der Waals surface area contributed by atoms with E-state index in [-0.39, 0.29) is 6.10 Å². The van der Waals surface area contributed by atoms with Crippen LogP contribution in [0, 0.1) is 12.8 Å². The molecule has 0 atom stereocenters. The predicted molar refractivity (Wildman–Crippen MR) is 63.7 cm³/mol. The quantitative estimate of drug-likeness (QED) is 0.829. The van der Waals surface area contributed by atoms with Crippen LogP contribution in [0.4, 0.5) is 5.95 Å². The summed E-state index contributed by atoms with van der Waals surface area (Å²) in [4.78, 5) is 8.67. The number of hydrogen-bond acceptors (Lipinski definition) is 4. The monoisotopic (exact) mass is 221 g/mol. The zero-order chi connectivity index (χ0) is 11.5. The lowest BCUT2D eigenvalue weighted by atomic mass is 10.4. The fraction of sp³-hybridized carbons (Fsp3) is 0.667. The number of hydrogen-bond donors (Lipinski definition) is 1. The summed E-state index contributed by atoms with van der Waals surface area (Å²) < 4.78 is 5.57. The van der Waals surface area contributed by atoms with Gasteiger partial charge in [0.05, 0.1) is 6.10 Å². The van der Waals surface area contributed by atoms with E-state index in [0.29, 0.717) is 11.8 Å². The molecule has 16 heavy (non-hydrogen) atoms. The summed E-state index contributed by atoms with van der Waals surface area (Å²) in [6.45, 7) is 6.92. The first-order valence-corrected chi connectivity index (χ1v) is 5.89. The summed E-state index contributed by atoms with van der Waals surface area (Å²) in [5.41, 5.74) is 0.934. The maximum atomic E-state index is 5.57. The third kappa shape index (κ3) is 3.36. The molecule has 0 saturated heterocycles. The Kier molecular flexibility index (Phi) is 3.27. The van der Waals surface area contributed by atoms with Crippen LogP contribution in [0.15, 0.2) is 6.07 Å². The average molecular weight is 221 g/mol. The summed E-state index contributed by atoms with van der Waals surface area (Å²) in [5, 5.41) is 3.26. The number of nitrogens with one attached hydrogen (secondary N) is 1. The predicted octanol–water partition coefficient (Wildman–Crippen LogP) is 2.39. The highest BCUT2D eigenvalue weighted by molar-refractivity contribution is 5.30. The minimum Gasteiger partial charge on any atom is -0.475 e. The first-order valence-electron chi connectivity index (χ1n) is 5.89. The third-order valence-electron chi connectivity index (χ3n) is 2.43. The molecule has 1 aromatic rings. The molecule has 1 fully saturated rings. The minimum atomic E-state index is 0.144. The van der Waals surface area contributed by atoms with Gasteiger partial charge in [0.2, 0.25) is 11.8 Å². The van der Waals surface area contributed by atoms with Gasteiger partial charge in [0.1, 0.15) is 0 Å². The van der Waals surface area contributed by atoms with Crippen molar-refractivity contribution in [2.24, 2.45) is 5.92 Å². The van der Waals surface area contributed by atoms with Crippen molar-refractivity contribution in [1.29, 1.82) is 0 Å². The number of aryl methyl sites for hydroxylation is 1. The van der Waals surface area contributed by atoms with Crippen LogP contribution in [0.25, 0.3) is 0 Å². The van der Waals surface area contributed by atoms with Gasteiger partial charge >= 0.3 is 0 Å². The topological polar surface area (TPSA) is 47.0 Å². The van der Waals surface area contributed by atoms with Crippen LogP contribution in [0.2, 0.25) is 0 Å². The molecule has 2 rings (SSSR count). The second-order valence-electron chi connectivity index (χ2n) is 4.66. The molecule has 88 valence electrons. The Morgan fingerprint density at radius 1 is 1.44 bits per heavy atom. The molecule has 1 aliphatic rings. The van der Waals surface area contributed by atoms with Crippen LogP contribution in [0.5, 0.6) is 5.88 Å². The second kappa shape index (κ2) is 4.68.